The Bertz CT molecular complexity index is 1280. The maximum atomic E-state index is 13.0. The zero-order valence-electron chi connectivity index (χ0n) is 26.0. The molecule has 5 nitrogen and oxygen atoms in total. The minimum Gasteiger partial charge on any atom is -0.460 e. The smallest absolute Gasteiger partial charge is 0.310 e. The average molecular weight is 563 g/mol. The van der Waals surface area contributed by atoms with Crippen molar-refractivity contribution in [1.82, 2.24) is 9.55 Å². The quantitative estimate of drug-likeness (QED) is 0.149. The van der Waals surface area contributed by atoms with E-state index in [9.17, 15) is 4.79 Å². The molecule has 1 saturated carbocycles. The molecule has 0 amide bonds. The second-order valence-electron chi connectivity index (χ2n) is 14.1. The van der Waals surface area contributed by atoms with E-state index in [4.69, 9.17) is 14.1 Å². The van der Waals surface area contributed by atoms with E-state index >= 15 is 0 Å². The monoisotopic (exact) mass is 562 g/mol. The van der Waals surface area contributed by atoms with E-state index in [0.29, 0.717) is 0 Å². The molecule has 0 radical (unpaired) electrons. The van der Waals surface area contributed by atoms with Crippen molar-refractivity contribution in [3.63, 3.8) is 0 Å². The minimum absolute atomic E-state index is 0.0478. The number of aryl methyl sites for hydroxylation is 1. The Morgan fingerprint density at radius 3 is 2.33 bits per heavy atom. The van der Waals surface area contributed by atoms with Gasteiger partial charge in [-0.05, 0) is 87.3 Å². The Balaban J connectivity index is 1.48. The van der Waals surface area contributed by atoms with Gasteiger partial charge in [0.1, 0.15) is 11.4 Å². The Morgan fingerprint density at radius 1 is 0.975 bits per heavy atom. The summed E-state index contributed by atoms with van der Waals surface area (Å²) in [5.41, 5.74) is 4.25. The number of hydrogen-bond acceptors (Lipinski definition) is 4. The van der Waals surface area contributed by atoms with Crippen LogP contribution in [-0.2, 0) is 26.9 Å². The van der Waals surface area contributed by atoms with Crippen LogP contribution in [0.15, 0.2) is 48.5 Å². The molecule has 1 heterocycles. The van der Waals surface area contributed by atoms with Crippen LogP contribution in [0.25, 0.3) is 11.0 Å². The lowest BCUT2D eigenvalue weighted by Gasteiger charge is -2.36. The number of rotatable bonds is 9. The standard InChI is InChI=1S/C34H50N2O3Si/c1-33(2,3)39-32(37)28-15-10-9-14-27(28)26-21-19-25(20-22-26)24-36-30-17-12-11-16-29(30)35-31(36)18-13-23-38-40(7,8)34(4,5)6/h11-12,16-17,19-22,27-28H,9-10,13-15,18,23-24H2,1-8H3. The van der Waals surface area contributed by atoms with Crippen molar-refractivity contribution in [1.29, 1.82) is 0 Å². The van der Waals surface area contributed by atoms with Gasteiger partial charge in [-0.25, -0.2) is 4.98 Å². The van der Waals surface area contributed by atoms with Gasteiger partial charge >= 0.3 is 5.97 Å². The summed E-state index contributed by atoms with van der Waals surface area (Å²) < 4.78 is 14.6. The second-order valence-corrected chi connectivity index (χ2v) is 18.9. The van der Waals surface area contributed by atoms with Crippen LogP contribution >= 0.6 is 0 Å². The number of fused-ring (bicyclic) bond motifs is 1. The molecule has 1 aliphatic rings. The Kier molecular flexibility index (Phi) is 9.30. The summed E-state index contributed by atoms with van der Waals surface area (Å²) in [6.07, 6.45) is 6.05. The Labute approximate surface area is 242 Å². The third kappa shape index (κ3) is 7.44. The summed E-state index contributed by atoms with van der Waals surface area (Å²) in [5.74, 6) is 1.23. The van der Waals surface area contributed by atoms with Gasteiger partial charge in [0.25, 0.3) is 0 Å². The van der Waals surface area contributed by atoms with Crippen LogP contribution in [0.1, 0.15) is 96.5 Å². The van der Waals surface area contributed by atoms with Crippen molar-refractivity contribution in [2.45, 2.75) is 116 Å². The normalized spacial score (nSPS) is 18.7. The van der Waals surface area contributed by atoms with Crippen molar-refractivity contribution in [2.24, 2.45) is 5.92 Å². The molecule has 218 valence electrons. The predicted molar refractivity (Wildman–Crippen MR) is 167 cm³/mol. The van der Waals surface area contributed by atoms with E-state index in [-0.39, 0.29) is 22.8 Å². The molecule has 2 aromatic carbocycles. The van der Waals surface area contributed by atoms with Crippen molar-refractivity contribution >= 4 is 25.3 Å². The van der Waals surface area contributed by atoms with E-state index in [0.717, 1.165) is 63.0 Å². The molecule has 3 aromatic rings. The molecule has 4 rings (SSSR count). The lowest BCUT2D eigenvalue weighted by Crippen LogP contribution is -2.41. The van der Waals surface area contributed by atoms with Crippen LogP contribution in [0.5, 0.6) is 0 Å². The van der Waals surface area contributed by atoms with Gasteiger partial charge in [0.15, 0.2) is 8.32 Å². The number of para-hydroxylation sites is 2. The number of esters is 1. The van der Waals surface area contributed by atoms with Gasteiger partial charge in [-0.1, -0.05) is 70.0 Å². The fourth-order valence-electron chi connectivity index (χ4n) is 5.51. The van der Waals surface area contributed by atoms with Gasteiger partial charge in [-0.15, -0.1) is 0 Å². The molecule has 1 aromatic heterocycles. The average Bonchev–Trinajstić information content (AvgIpc) is 3.22. The highest BCUT2D eigenvalue weighted by Crippen LogP contribution is 2.39. The van der Waals surface area contributed by atoms with Crippen LogP contribution in [0.3, 0.4) is 0 Å². The molecule has 6 heteroatoms. The summed E-state index contributed by atoms with van der Waals surface area (Å²) in [6, 6.07) is 17.3. The molecule has 0 aliphatic heterocycles. The fraction of sp³-hybridized carbons (Fsp3) is 0.588. The first-order chi connectivity index (χ1) is 18.7. The molecule has 2 unspecified atom stereocenters. The summed E-state index contributed by atoms with van der Waals surface area (Å²) in [4.78, 5) is 18.0. The molecule has 2 atom stereocenters. The zero-order chi connectivity index (χ0) is 29.1. The summed E-state index contributed by atoms with van der Waals surface area (Å²) in [7, 11) is -1.75. The van der Waals surface area contributed by atoms with Gasteiger partial charge in [0.2, 0.25) is 0 Å². The van der Waals surface area contributed by atoms with Crippen LogP contribution < -0.4 is 0 Å². The predicted octanol–water partition coefficient (Wildman–Crippen LogP) is 8.65. The molecule has 1 fully saturated rings. The van der Waals surface area contributed by atoms with Crippen LogP contribution in [0, 0.1) is 5.92 Å². The molecule has 1 aliphatic carbocycles. The van der Waals surface area contributed by atoms with Gasteiger partial charge in [-0.2, -0.15) is 0 Å². The van der Waals surface area contributed by atoms with Crippen molar-refractivity contribution in [2.75, 3.05) is 6.61 Å². The number of hydrogen-bond donors (Lipinski definition) is 0. The van der Waals surface area contributed by atoms with Gasteiger partial charge in [0, 0.05) is 19.6 Å². The highest BCUT2D eigenvalue weighted by Gasteiger charge is 2.37. The number of carbonyl (C=O) groups is 1. The maximum absolute atomic E-state index is 13.0. The van der Waals surface area contributed by atoms with Crippen LogP contribution in [-0.4, -0.2) is 36.0 Å². The molecule has 40 heavy (non-hydrogen) atoms. The SMILES string of the molecule is CC(C)(C)OC(=O)C1CCCCC1c1ccc(Cn2c(CCCO[Si](C)(C)C(C)(C)C)nc3ccccc32)cc1. The number of nitrogens with zero attached hydrogens (tertiary/aromatic N) is 2. The fourth-order valence-corrected chi connectivity index (χ4v) is 6.60. The van der Waals surface area contributed by atoms with Gasteiger partial charge < -0.3 is 13.7 Å². The first-order valence-electron chi connectivity index (χ1n) is 15.1. The van der Waals surface area contributed by atoms with Gasteiger partial charge in [-0.3, -0.25) is 4.79 Å². The van der Waals surface area contributed by atoms with E-state index in [2.05, 4.69) is 87.0 Å². The highest BCUT2D eigenvalue weighted by molar-refractivity contribution is 6.74. The van der Waals surface area contributed by atoms with E-state index in [1.54, 1.807) is 0 Å². The first-order valence-corrected chi connectivity index (χ1v) is 18.1. The van der Waals surface area contributed by atoms with Crippen LogP contribution in [0.2, 0.25) is 18.1 Å². The summed E-state index contributed by atoms with van der Waals surface area (Å²) in [5, 5.41) is 0.219. The van der Waals surface area contributed by atoms with Crippen molar-refractivity contribution in [3.8, 4) is 0 Å². The largest absolute Gasteiger partial charge is 0.460 e. The Morgan fingerprint density at radius 2 is 1.65 bits per heavy atom. The number of benzene rings is 2. The van der Waals surface area contributed by atoms with E-state index in [1.165, 1.54) is 16.6 Å². The maximum Gasteiger partial charge on any atom is 0.310 e. The van der Waals surface area contributed by atoms with Crippen molar-refractivity contribution in [3.05, 3.63) is 65.5 Å². The van der Waals surface area contributed by atoms with E-state index < -0.39 is 13.9 Å². The molecular weight excluding hydrogens is 512 g/mol. The lowest BCUT2D eigenvalue weighted by molar-refractivity contribution is -0.161. The lowest BCUT2D eigenvalue weighted by atomic mass is 9.75. The summed E-state index contributed by atoms with van der Waals surface area (Å²) in [6.45, 7) is 18.9. The number of carbonyl (C=O) groups excluding carboxylic acids is 1. The molecule has 0 N–H and O–H groups in total. The second kappa shape index (κ2) is 12.2. The number of ether oxygens (including phenoxy) is 1. The van der Waals surface area contributed by atoms with Crippen LogP contribution in [0.4, 0.5) is 0 Å². The highest BCUT2D eigenvalue weighted by atomic mass is 28.4. The molecule has 0 spiro atoms. The number of aromatic nitrogens is 2. The first kappa shape index (κ1) is 30.5. The third-order valence-electron chi connectivity index (χ3n) is 8.77. The number of imidazole rings is 1. The third-order valence-corrected chi connectivity index (χ3v) is 13.3. The van der Waals surface area contributed by atoms with Crippen molar-refractivity contribution < 1.29 is 14.0 Å². The minimum atomic E-state index is -1.75. The summed E-state index contributed by atoms with van der Waals surface area (Å²) >= 11 is 0. The molecule has 0 saturated heterocycles. The Hall–Kier alpha value is -2.44. The molecule has 0 bridgehead atoms. The van der Waals surface area contributed by atoms with E-state index in [1.807, 2.05) is 20.8 Å². The topological polar surface area (TPSA) is 53.4 Å². The van der Waals surface area contributed by atoms with Gasteiger partial charge in [0.05, 0.1) is 17.0 Å². The zero-order valence-corrected chi connectivity index (χ0v) is 27.0. The molecular formula is C34H50N2O3Si.